The van der Waals surface area contributed by atoms with Gasteiger partial charge in [0.2, 0.25) is 0 Å². The summed E-state index contributed by atoms with van der Waals surface area (Å²) in [4.78, 5) is 16.3. The van der Waals surface area contributed by atoms with Gasteiger partial charge in [-0.05, 0) is 46.7 Å². The van der Waals surface area contributed by atoms with E-state index >= 15 is 0 Å². The lowest BCUT2D eigenvalue weighted by Crippen LogP contribution is -2.09. The standard InChI is InChI=1S/C27H26N2OS/c1-29(2)23-15-13-20(14-16-23)27(31-26-10-6-5-9-24(26)28)18-25(30)22-12-11-19-7-3-4-8-21(19)17-22/h3-17,27H,18,28H2,1-2H3/t27-/m1/s1. The molecule has 0 radical (unpaired) electrons. The molecule has 0 aliphatic rings. The molecule has 0 aliphatic heterocycles. The van der Waals surface area contributed by atoms with Crippen LogP contribution < -0.4 is 10.6 Å². The lowest BCUT2D eigenvalue weighted by Gasteiger charge is -2.19. The van der Waals surface area contributed by atoms with Gasteiger partial charge in [-0.25, -0.2) is 0 Å². The van der Waals surface area contributed by atoms with Crippen molar-refractivity contribution >= 4 is 39.7 Å². The van der Waals surface area contributed by atoms with Crippen LogP contribution in [0.25, 0.3) is 10.8 Å². The molecule has 31 heavy (non-hydrogen) atoms. The SMILES string of the molecule is CN(C)c1ccc([C@@H](CC(=O)c2ccc3ccccc3c2)Sc2ccccc2N)cc1. The fraction of sp³-hybridized carbons (Fsp3) is 0.148. The van der Waals surface area contributed by atoms with Gasteiger partial charge in [-0.15, -0.1) is 11.8 Å². The van der Waals surface area contributed by atoms with E-state index in [1.165, 1.54) is 0 Å². The molecule has 0 amide bonds. The Bertz CT molecular complexity index is 1200. The van der Waals surface area contributed by atoms with Crippen molar-refractivity contribution in [3.05, 3.63) is 102 Å². The number of anilines is 2. The van der Waals surface area contributed by atoms with Gasteiger partial charge in [0, 0.05) is 47.6 Å². The Kier molecular flexibility index (Phi) is 6.28. The molecule has 0 saturated heterocycles. The maximum absolute atomic E-state index is 13.3. The number of carbonyl (C=O) groups excluding carboxylic acids is 1. The number of nitrogens with zero attached hydrogens (tertiary/aromatic N) is 1. The van der Waals surface area contributed by atoms with Crippen molar-refractivity contribution in [3.8, 4) is 0 Å². The molecular weight excluding hydrogens is 400 g/mol. The van der Waals surface area contributed by atoms with Crippen molar-refractivity contribution in [1.29, 1.82) is 0 Å². The van der Waals surface area contributed by atoms with Crippen LogP contribution in [-0.4, -0.2) is 19.9 Å². The molecule has 4 rings (SSSR count). The number of fused-ring (bicyclic) bond motifs is 1. The van der Waals surface area contributed by atoms with Gasteiger partial charge < -0.3 is 10.6 Å². The minimum Gasteiger partial charge on any atom is -0.398 e. The van der Waals surface area contributed by atoms with Crippen LogP contribution in [0.5, 0.6) is 0 Å². The van der Waals surface area contributed by atoms with Gasteiger partial charge in [0.15, 0.2) is 5.78 Å². The summed E-state index contributed by atoms with van der Waals surface area (Å²) < 4.78 is 0. The molecule has 0 heterocycles. The molecule has 0 saturated carbocycles. The van der Waals surface area contributed by atoms with E-state index in [2.05, 4.69) is 35.2 Å². The average Bonchev–Trinajstić information content (AvgIpc) is 2.79. The van der Waals surface area contributed by atoms with Crippen molar-refractivity contribution in [3.63, 3.8) is 0 Å². The molecule has 0 fully saturated rings. The summed E-state index contributed by atoms with van der Waals surface area (Å²) in [5, 5.41) is 2.20. The summed E-state index contributed by atoms with van der Waals surface area (Å²) in [7, 11) is 4.05. The Morgan fingerprint density at radius 3 is 2.26 bits per heavy atom. The Hall–Kier alpha value is -3.24. The number of thioether (sulfide) groups is 1. The molecule has 0 aromatic heterocycles. The van der Waals surface area contributed by atoms with Crippen molar-refractivity contribution in [2.24, 2.45) is 0 Å². The third-order valence-electron chi connectivity index (χ3n) is 5.41. The van der Waals surface area contributed by atoms with Crippen LogP contribution >= 0.6 is 11.8 Å². The van der Waals surface area contributed by atoms with Crippen LogP contribution in [0.2, 0.25) is 0 Å². The number of Topliss-reactive ketones (excluding diaryl/α,β-unsaturated/α-hetero) is 1. The second-order valence-electron chi connectivity index (χ2n) is 7.82. The van der Waals surface area contributed by atoms with Gasteiger partial charge >= 0.3 is 0 Å². The molecule has 4 aromatic rings. The number of hydrogen-bond donors (Lipinski definition) is 1. The van der Waals surface area contributed by atoms with E-state index in [0.717, 1.165) is 38.2 Å². The van der Waals surface area contributed by atoms with Gasteiger partial charge in [0.25, 0.3) is 0 Å². The minimum absolute atomic E-state index is 0.0279. The molecule has 4 heteroatoms. The lowest BCUT2D eigenvalue weighted by molar-refractivity contribution is 0.0982. The quantitative estimate of drug-likeness (QED) is 0.206. The predicted octanol–water partition coefficient (Wildman–Crippen LogP) is 6.59. The number of nitrogens with two attached hydrogens (primary N) is 1. The molecule has 156 valence electrons. The largest absolute Gasteiger partial charge is 0.398 e. The Morgan fingerprint density at radius 1 is 0.871 bits per heavy atom. The van der Waals surface area contributed by atoms with Crippen molar-refractivity contribution in [1.82, 2.24) is 0 Å². The summed E-state index contributed by atoms with van der Waals surface area (Å²) in [6.07, 6.45) is 0.401. The summed E-state index contributed by atoms with van der Waals surface area (Å²) in [5.41, 5.74) is 9.94. The second-order valence-corrected chi connectivity index (χ2v) is 9.06. The molecule has 0 unspecified atom stereocenters. The molecule has 3 nitrogen and oxygen atoms in total. The second kappa shape index (κ2) is 9.27. The first-order valence-electron chi connectivity index (χ1n) is 10.3. The van der Waals surface area contributed by atoms with Crippen LogP contribution in [0.1, 0.15) is 27.6 Å². The van der Waals surface area contributed by atoms with Crippen LogP contribution in [0.15, 0.2) is 95.9 Å². The monoisotopic (exact) mass is 426 g/mol. The number of benzene rings is 4. The Labute approximate surface area is 187 Å². The number of nitrogen functional groups attached to an aromatic ring is 1. The normalized spacial score (nSPS) is 11.9. The highest BCUT2D eigenvalue weighted by Gasteiger charge is 2.20. The number of para-hydroxylation sites is 1. The van der Waals surface area contributed by atoms with E-state index in [1.807, 2.05) is 74.8 Å². The van der Waals surface area contributed by atoms with Gasteiger partial charge in [-0.1, -0.05) is 60.7 Å². The zero-order chi connectivity index (χ0) is 21.8. The summed E-state index contributed by atoms with van der Waals surface area (Å²) in [5.74, 6) is 0.134. The van der Waals surface area contributed by atoms with E-state index in [9.17, 15) is 4.79 Å². The van der Waals surface area contributed by atoms with E-state index in [4.69, 9.17) is 5.73 Å². The highest BCUT2D eigenvalue weighted by molar-refractivity contribution is 7.99. The summed E-state index contributed by atoms with van der Waals surface area (Å²) >= 11 is 1.65. The van der Waals surface area contributed by atoms with E-state index in [0.29, 0.717) is 6.42 Å². The van der Waals surface area contributed by atoms with Crippen LogP contribution in [0.4, 0.5) is 11.4 Å². The molecule has 4 aromatic carbocycles. The van der Waals surface area contributed by atoms with Gasteiger partial charge in [-0.2, -0.15) is 0 Å². The number of rotatable bonds is 7. The van der Waals surface area contributed by atoms with Gasteiger partial charge in [-0.3, -0.25) is 4.79 Å². The Morgan fingerprint density at radius 2 is 1.55 bits per heavy atom. The van der Waals surface area contributed by atoms with Crippen molar-refractivity contribution in [2.45, 2.75) is 16.6 Å². The molecule has 2 N–H and O–H groups in total. The average molecular weight is 427 g/mol. The number of ketones is 1. The molecule has 0 aliphatic carbocycles. The van der Waals surface area contributed by atoms with E-state index in [1.54, 1.807) is 11.8 Å². The predicted molar refractivity (Wildman–Crippen MR) is 133 cm³/mol. The minimum atomic E-state index is -0.0279. The fourth-order valence-electron chi connectivity index (χ4n) is 3.60. The van der Waals surface area contributed by atoms with Gasteiger partial charge in [0.05, 0.1) is 0 Å². The first kappa shape index (κ1) is 21.0. The molecule has 1 atom stereocenters. The highest BCUT2D eigenvalue weighted by Crippen LogP contribution is 2.41. The van der Waals surface area contributed by atoms with Crippen molar-refractivity contribution < 1.29 is 4.79 Å². The van der Waals surface area contributed by atoms with Gasteiger partial charge in [0.1, 0.15) is 0 Å². The zero-order valence-electron chi connectivity index (χ0n) is 17.8. The van der Waals surface area contributed by atoms with E-state index < -0.39 is 0 Å². The molecular formula is C27H26N2OS. The third-order valence-corrected chi connectivity index (χ3v) is 6.76. The molecule has 0 spiro atoms. The van der Waals surface area contributed by atoms with Crippen molar-refractivity contribution in [2.75, 3.05) is 24.7 Å². The summed E-state index contributed by atoms with van der Waals surface area (Å²) in [6, 6.07) is 30.3. The fourth-order valence-corrected chi connectivity index (χ4v) is 4.80. The smallest absolute Gasteiger partial charge is 0.164 e. The molecule has 0 bridgehead atoms. The first-order chi connectivity index (χ1) is 15.0. The van der Waals surface area contributed by atoms with Crippen LogP contribution in [-0.2, 0) is 0 Å². The summed E-state index contributed by atoms with van der Waals surface area (Å²) in [6.45, 7) is 0. The highest BCUT2D eigenvalue weighted by atomic mass is 32.2. The number of carbonyl (C=O) groups is 1. The first-order valence-corrected chi connectivity index (χ1v) is 11.2. The lowest BCUT2D eigenvalue weighted by atomic mass is 9.99. The van der Waals surface area contributed by atoms with E-state index in [-0.39, 0.29) is 11.0 Å². The van der Waals surface area contributed by atoms with Crippen LogP contribution in [0, 0.1) is 0 Å². The number of hydrogen-bond acceptors (Lipinski definition) is 4. The zero-order valence-corrected chi connectivity index (χ0v) is 18.6. The van der Waals surface area contributed by atoms with Crippen LogP contribution in [0.3, 0.4) is 0 Å². The Balaban J connectivity index is 1.64. The maximum Gasteiger partial charge on any atom is 0.164 e. The topological polar surface area (TPSA) is 46.3 Å². The maximum atomic E-state index is 13.3. The third kappa shape index (κ3) is 4.92.